The molecule has 0 amide bonds. The lowest BCUT2D eigenvalue weighted by atomic mass is 9.91. The van der Waals surface area contributed by atoms with Crippen molar-refractivity contribution in [3.05, 3.63) is 261 Å². The summed E-state index contributed by atoms with van der Waals surface area (Å²) < 4.78 is 2.59. The van der Waals surface area contributed by atoms with Crippen LogP contribution in [0.5, 0.6) is 0 Å². The van der Waals surface area contributed by atoms with E-state index in [4.69, 9.17) is 0 Å². The van der Waals surface area contributed by atoms with Gasteiger partial charge in [0.25, 0.3) is 0 Å². The third-order valence-corrected chi connectivity index (χ3v) is 14.1. The zero-order valence-corrected chi connectivity index (χ0v) is 37.0. The topological polar surface area (TPSA) is 3.24 Å². The van der Waals surface area contributed by atoms with E-state index in [1.165, 1.54) is 81.0 Å². The van der Waals surface area contributed by atoms with Crippen molar-refractivity contribution in [2.75, 3.05) is 4.90 Å². The Bertz CT molecular complexity index is 3680. The number of rotatable bonds is 9. The Balaban J connectivity index is 1.08. The van der Waals surface area contributed by atoms with Gasteiger partial charge in [-0.1, -0.05) is 224 Å². The maximum Gasteiger partial charge on any atom is 0.0546 e. The molecular formula is C64H43NS. The predicted molar refractivity (Wildman–Crippen MR) is 284 cm³/mol. The molecule has 0 atom stereocenters. The lowest BCUT2D eigenvalue weighted by molar-refractivity contribution is 1.28. The number of hydrogen-bond donors (Lipinski definition) is 0. The lowest BCUT2D eigenvalue weighted by Gasteiger charge is -2.31. The summed E-state index contributed by atoms with van der Waals surface area (Å²) in [6.45, 7) is 0. The number of para-hydroxylation sites is 1. The van der Waals surface area contributed by atoms with Crippen LogP contribution in [0.15, 0.2) is 261 Å². The first kappa shape index (κ1) is 39.3. The van der Waals surface area contributed by atoms with Crippen LogP contribution in [-0.4, -0.2) is 0 Å². The largest absolute Gasteiger partial charge is 0.309 e. The molecule has 0 saturated heterocycles. The van der Waals surface area contributed by atoms with Crippen molar-refractivity contribution in [3.8, 4) is 66.8 Å². The van der Waals surface area contributed by atoms with Gasteiger partial charge in [0.15, 0.2) is 0 Å². The summed E-state index contributed by atoms with van der Waals surface area (Å²) in [7, 11) is 0. The minimum Gasteiger partial charge on any atom is -0.309 e. The normalized spacial score (nSPS) is 11.3. The number of hydrogen-bond acceptors (Lipinski definition) is 2. The highest BCUT2D eigenvalue weighted by Gasteiger charge is 2.23. The summed E-state index contributed by atoms with van der Waals surface area (Å²) in [6, 6.07) is 95.3. The Hall–Kier alpha value is -8.30. The Kier molecular flexibility index (Phi) is 10.1. The number of nitrogens with zero attached hydrogens (tertiary/aromatic N) is 1. The predicted octanol–water partition coefficient (Wildman–Crippen LogP) is 18.7. The van der Waals surface area contributed by atoms with Crippen molar-refractivity contribution in [2.45, 2.75) is 0 Å². The second-order valence-corrected chi connectivity index (χ2v) is 17.8. The fourth-order valence-corrected chi connectivity index (χ4v) is 11.0. The zero-order chi connectivity index (χ0) is 43.8. The highest BCUT2D eigenvalue weighted by molar-refractivity contribution is 7.26. The van der Waals surface area contributed by atoms with E-state index in [-0.39, 0.29) is 0 Å². The van der Waals surface area contributed by atoms with Gasteiger partial charge in [-0.15, -0.1) is 11.3 Å². The fraction of sp³-hybridized carbons (Fsp3) is 0. The van der Waals surface area contributed by atoms with Crippen LogP contribution < -0.4 is 4.90 Å². The molecule has 0 unspecified atom stereocenters. The van der Waals surface area contributed by atoms with Crippen molar-refractivity contribution in [3.63, 3.8) is 0 Å². The molecule has 0 aliphatic rings. The van der Waals surface area contributed by atoms with Crippen molar-refractivity contribution >= 4 is 59.3 Å². The molecule has 0 N–H and O–H groups in total. The summed E-state index contributed by atoms with van der Waals surface area (Å²) in [5, 5.41) is 5.05. The third kappa shape index (κ3) is 7.15. The second-order valence-electron chi connectivity index (χ2n) is 16.8. The van der Waals surface area contributed by atoms with Crippen molar-refractivity contribution in [1.29, 1.82) is 0 Å². The van der Waals surface area contributed by atoms with Crippen LogP contribution >= 0.6 is 11.3 Å². The molecule has 66 heavy (non-hydrogen) atoms. The Labute approximate surface area is 389 Å². The molecule has 0 aliphatic carbocycles. The van der Waals surface area contributed by atoms with Gasteiger partial charge in [0.2, 0.25) is 0 Å². The molecule has 310 valence electrons. The number of thiophene rings is 1. The van der Waals surface area contributed by atoms with E-state index in [9.17, 15) is 0 Å². The fourth-order valence-electron chi connectivity index (χ4n) is 9.74. The Morgan fingerprint density at radius 2 is 0.788 bits per heavy atom. The first-order chi connectivity index (χ1) is 32.7. The SMILES string of the molecule is c1ccc(-c2ccc(-c3ccc(N(c4cc(-c5cccc6ccccc56)ccc4-c4ccccc4)c4ccccc4-c4cccc5c4sc4ccccc45)cc3)cc2-c2ccccc2)cc1. The van der Waals surface area contributed by atoms with Crippen LogP contribution in [0.4, 0.5) is 17.1 Å². The molecule has 0 aliphatic heterocycles. The van der Waals surface area contributed by atoms with E-state index in [0.717, 1.165) is 33.8 Å². The van der Waals surface area contributed by atoms with Crippen LogP contribution in [0, 0.1) is 0 Å². The second kappa shape index (κ2) is 17.0. The van der Waals surface area contributed by atoms with E-state index in [0.29, 0.717) is 0 Å². The molecule has 1 heterocycles. The van der Waals surface area contributed by atoms with Gasteiger partial charge >= 0.3 is 0 Å². The molecule has 0 fully saturated rings. The summed E-state index contributed by atoms with van der Waals surface area (Å²) in [4.78, 5) is 2.50. The third-order valence-electron chi connectivity index (χ3n) is 12.9. The van der Waals surface area contributed by atoms with Gasteiger partial charge in [0.1, 0.15) is 0 Å². The Morgan fingerprint density at radius 1 is 0.258 bits per heavy atom. The molecule has 0 radical (unpaired) electrons. The molecule has 12 rings (SSSR count). The minimum atomic E-state index is 1.08. The van der Waals surface area contributed by atoms with Crippen LogP contribution in [0.3, 0.4) is 0 Å². The van der Waals surface area contributed by atoms with Crippen LogP contribution in [0.25, 0.3) is 97.7 Å². The highest BCUT2D eigenvalue weighted by atomic mass is 32.1. The van der Waals surface area contributed by atoms with E-state index in [1.807, 2.05) is 11.3 Å². The monoisotopic (exact) mass is 857 g/mol. The number of fused-ring (bicyclic) bond motifs is 4. The summed E-state index contributed by atoms with van der Waals surface area (Å²) >= 11 is 1.88. The number of anilines is 3. The molecule has 11 aromatic carbocycles. The van der Waals surface area contributed by atoms with Gasteiger partial charge in [-0.3, -0.25) is 0 Å². The van der Waals surface area contributed by atoms with Crippen LogP contribution in [-0.2, 0) is 0 Å². The molecule has 12 aromatic rings. The van der Waals surface area contributed by atoms with Crippen molar-refractivity contribution in [2.24, 2.45) is 0 Å². The van der Waals surface area contributed by atoms with Gasteiger partial charge < -0.3 is 4.90 Å². The van der Waals surface area contributed by atoms with Gasteiger partial charge in [-0.05, 0) is 97.2 Å². The molecule has 0 bridgehead atoms. The van der Waals surface area contributed by atoms with Gasteiger partial charge in [-0.25, -0.2) is 0 Å². The van der Waals surface area contributed by atoms with E-state index in [1.54, 1.807) is 0 Å². The molecule has 1 aromatic heterocycles. The van der Waals surface area contributed by atoms with Gasteiger partial charge in [0.05, 0.1) is 11.4 Å². The standard InChI is InChI=1S/C64H43NS/c1-4-18-45(19-5-1)54-40-36-49(42-60(54)48-22-8-3-9-23-48)44-34-38-51(39-35-44)65(61-32-14-12-27-56(61)58-30-17-31-59-57-28-13-15-33-63(57)66-64(58)59)62-43-50(37-41-55(62)47-20-6-2-7-21-47)53-29-16-25-46-24-10-11-26-52(46)53/h1-43H. The molecule has 1 nitrogen and oxygen atoms in total. The summed E-state index contributed by atoms with van der Waals surface area (Å²) in [5.41, 5.74) is 17.6. The lowest BCUT2D eigenvalue weighted by Crippen LogP contribution is -2.12. The van der Waals surface area contributed by atoms with Crippen molar-refractivity contribution in [1.82, 2.24) is 0 Å². The maximum absolute atomic E-state index is 2.50. The van der Waals surface area contributed by atoms with Crippen LogP contribution in [0.2, 0.25) is 0 Å². The average molecular weight is 858 g/mol. The molecule has 2 heteroatoms. The molecule has 0 saturated carbocycles. The zero-order valence-electron chi connectivity index (χ0n) is 36.2. The quantitative estimate of drug-likeness (QED) is 0.140. The highest BCUT2D eigenvalue weighted by Crippen LogP contribution is 2.49. The van der Waals surface area contributed by atoms with Gasteiger partial charge in [-0.2, -0.15) is 0 Å². The smallest absolute Gasteiger partial charge is 0.0546 e. The molecular weight excluding hydrogens is 815 g/mol. The van der Waals surface area contributed by atoms with E-state index < -0.39 is 0 Å². The maximum atomic E-state index is 2.50. The summed E-state index contributed by atoms with van der Waals surface area (Å²) in [6.07, 6.45) is 0. The first-order valence-electron chi connectivity index (χ1n) is 22.6. The van der Waals surface area contributed by atoms with E-state index >= 15 is 0 Å². The van der Waals surface area contributed by atoms with Crippen LogP contribution in [0.1, 0.15) is 0 Å². The minimum absolute atomic E-state index is 1.08. The van der Waals surface area contributed by atoms with Gasteiger partial charge in [0, 0.05) is 42.6 Å². The van der Waals surface area contributed by atoms with Crippen molar-refractivity contribution < 1.29 is 0 Å². The van der Waals surface area contributed by atoms with E-state index in [2.05, 4.69) is 266 Å². The Morgan fingerprint density at radius 3 is 1.56 bits per heavy atom. The first-order valence-corrected chi connectivity index (χ1v) is 23.4. The average Bonchev–Trinajstić information content (AvgIpc) is 3.79. The summed E-state index contributed by atoms with van der Waals surface area (Å²) in [5.74, 6) is 0. The molecule has 0 spiro atoms. The number of benzene rings is 11.